The molecule has 0 aromatic rings. The summed E-state index contributed by atoms with van der Waals surface area (Å²) < 4.78 is 44.4. The molecule has 11 unspecified atom stereocenters. The highest BCUT2D eigenvalue weighted by Gasteiger charge is 2.43. The summed E-state index contributed by atoms with van der Waals surface area (Å²) in [5.41, 5.74) is 11.3. The summed E-state index contributed by atoms with van der Waals surface area (Å²) >= 11 is 11.3. The number of carbonyl (C=O) groups is 23. The quantitative estimate of drug-likeness (QED) is 0.0344. The molecular weight excluding hydrogens is 1970 g/mol. The first kappa shape index (κ1) is 124. The SMILES string of the molecule is CC(=O)NCCCCC(NC(=O)C1CCCCNC(=O)CCOCCOCCNC(=O)C(CS)NC(=O)CCN2C(=O)CC(SCC(NC(C)=O)C(=O)NCCOCCOCCC(=O)NC(C(=O)NC(CSC3CC(=O)N(C)C3=O)C(N)=O)CCCCNC(=O)CCOCCOCCNC(=O)C(NC(C)=O)CSC3CC(=O)N(CCC(=O)NC(CS)C(=O)NCCOCCOCCC(=O)N1)C3=O)C2=O)C(N)=O. The number of amides is 23. The van der Waals surface area contributed by atoms with E-state index in [1.54, 1.807) is 0 Å². The molecule has 19 N–H and O–H groups in total. The zero-order chi connectivity index (χ0) is 105. The van der Waals surface area contributed by atoms with E-state index in [0.29, 0.717) is 38.6 Å². The lowest BCUT2D eigenvalue weighted by Gasteiger charge is -2.22. The molecule has 4 fully saturated rings. The van der Waals surface area contributed by atoms with Crippen LogP contribution in [-0.4, -0.2) is 415 Å². The summed E-state index contributed by atoms with van der Waals surface area (Å²) in [7, 11) is 1.33. The molecular formula is C86H140N20O31S5. The van der Waals surface area contributed by atoms with Crippen LogP contribution in [0.25, 0.3) is 0 Å². The molecule has 0 aromatic carbocycles. The highest BCUT2D eigenvalue weighted by Crippen LogP contribution is 2.29. The molecule has 11 atom stereocenters. The molecule has 4 saturated heterocycles. The Morgan fingerprint density at radius 1 is 0.408 bits per heavy atom. The minimum Gasteiger partial charge on any atom is -0.379 e. The first-order valence-electron chi connectivity index (χ1n) is 46.9. The average Bonchev–Trinajstić information content (AvgIpc) is 1.61. The van der Waals surface area contributed by atoms with Crippen molar-refractivity contribution in [2.24, 2.45) is 11.5 Å². The van der Waals surface area contributed by atoms with Gasteiger partial charge in [-0.2, -0.15) is 25.3 Å². The fourth-order valence-corrected chi connectivity index (χ4v) is 17.7. The number of hydrogen-bond acceptors (Lipinski definition) is 36. The van der Waals surface area contributed by atoms with Gasteiger partial charge < -0.3 is 129 Å². The number of thiol groups is 2. The van der Waals surface area contributed by atoms with Crippen LogP contribution in [0.3, 0.4) is 0 Å². The minimum absolute atomic E-state index is 0.000864. The Morgan fingerprint density at radius 3 is 1.12 bits per heavy atom. The van der Waals surface area contributed by atoms with Gasteiger partial charge in [-0.1, -0.05) is 0 Å². The van der Waals surface area contributed by atoms with Crippen LogP contribution < -0.4 is 91.2 Å². The molecule has 0 spiro atoms. The van der Waals surface area contributed by atoms with E-state index < -0.39 is 182 Å². The molecule has 0 aliphatic carbocycles. The number of likely N-dealkylation sites (tertiary alicyclic amines) is 1. The van der Waals surface area contributed by atoms with Crippen LogP contribution >= 0.6 is 60.5 Å². The van der Waals surface area contributed by atoms with Crippen LogP contribution in [0, 0.1) is 0 Å². The van der Waals surface area contributed by atoms with Gasteiger partial charge in [0.2, 0.25) is 136 Å². The summed E-state index contributed by atoms with van der Waals surface area (Å²) in [6, 6.07) is -9.28. The van der Waals surface area contributed by atoms with Crippen molar-refractivity contribution in [3.63, 3.8) is 0 Å². The highest BCUT2D eigenvalue weighted by atomic mass is 32.2. The molecule has 0 saturated carbocycles. The number of rotatable bonds is 18. The first-order chi connectivity index (χ1) is 67.9. The Kier molecular flexibility index (Phi) is 63.1. The van der Waals surface area contributed by atoms with E-state index in [0.717, 1.165) is 50.0 Å². The number of ether oxygens (including phenoxy) is 8. The van der Waals surface area contributed by atoms with E-state index in [1.807, 2.05) is 0 Å². The molecule has 0 radical (unpaired) electrons. The number of nitrogens with zero attached hydrogens (tertiary/aromatic N) is 3. The lowest BCUT2D eigenvalue weighted by molar-refractivity contribution is -0.140. The van der Waals surface area contributed by atoms with Crippen molar-refractivity contribution in [1.29, 1.82) is 0 Å². The Balaban J connectivity index is 1.32. The number of fused-ring (bicyclic) bond motifs is 4. The Bertz CT molecular complexity index is 4180. The summed E-state index contributed by atoms with van der Waals surface area (Å²) in [6.07, 6.45) is 0.607. The van der Waals surface area contributed by atoms with Crippen LogP contribution in [-0.2, 0) is 148 Å². The lowest BCUT2D eigenvalue weighted by atomic mass is 10.1. The summed E-state index contributed by atoms with van der Waals surface area (Å²) in [4.78, 5) is 300. The fraction of sp³-hybridized carbons (Fsp3) is 0.733. The van der Waals surface area contributed by atoms with Crippen LogP contribution in [0.1, 0.15) is 136 Å². The number of nitrogens with two attached hydrogens (primary N) is 2. The second-order valence-electron chi connectivity index (χ2n) is 32.6. The fourth-order valence-electron chi connectivity index (χ4n) is 13.6. The third kappa shape index (κ3) is 52.4. The second-order valence-corrected chi connectivity index (χ2v) is 37.1. The highest BCUT2D eigenvalue weighted by molar-refractivity contribution is 8.01. The van der Waals surface area contributed by atoms with Crippen LogP contribution in [0.5, 0.6) is 0 Å². The van der Waals surface area contributed by atoms with Crippen molar-refractivity contribution in [3.8, 4) is 0 Å². The topological polar surface area (TPSA) is 709 Å². The van der Waals surface area contributed by atoms with Crippen molar-refractivity contribution in [2.45, 2.75) is 200 Å². The predicted molar refractivity (Wildman–Crippen MR) is 519 cm³/mol. The van der Waals surface area contributed by atoms with Gasteiger partial charge in [-0.15, -0.1) is 35.3 Å². The summed E-state index contributed by atoms with van der Waals surface area (Å²) in [5.74, 6) is -14.2. The van der Waals surface area contributed by atoms with E-state index in [4.69, 9.17) is 49.4 Å². The maximum absolute atomic E-state index is 13.8. The maximum atomic E-state index is 13.8. The van der Waals surface area contributed by atoms with E-state index in [2.05, 4.69) is 105 Å². The Hall–Kier alpha value is -10.2. The molecule has 4 bridgehead atoms. The van der Waals surface area contributed by atoms with Gasteiger partial charge in [0.15, 0.2) is 0 Å². The molecule has 51 nitrogen and oxygen atoms in total. The standard InChI is InChI=1S/C86H140N20O31S5/c1-53(107)89-20-8-5-11-56(76(87)119)102-82(125)57-12-6-9-21-90-67(110)16-29-130-37-41-134-33-23-92-78(121)59(48-138)100-69(112)14-27-105-75(118)47-66(86(105)129)142-52-63(97-55(3)109)81(124)95-26-36-137-44-40-133-32-19-72(115)99-58(83(126)103-61(77(88)120)50-140-64-45-73(116)104(4)84(64)127)13-7-10-22-91-68(111)17-30-131-38-42-136-35-25-94-80(123)62(96-54(2)108)51-141-65-46-74(117)106(85(65)128)28-15-70(113)101-60(49-139)79(122)93-24-34-135-43-39-132-31-18-71(114)98-57/h56-66,138-139H,5-52H2,1-4H3,(H2,87,119)(H2,88,120)(H,89,107)(H,90,110)(H,91,111)(H,92,121)(H,93,122)(H,94,123)(H,95,124)(H,96,108)(H,97,109)(H,98,114)(H,99,115)(H,100,112)(H,101,113)(H,102,125)(H,103,126). The first-order valence-corrected chi connectivity index (χ1v) is 51.3. The maximum Gasteiger partial charge on any atom is 0.243 e. The van der Waals surface area contributed by atoms with Crippen LogP contribution in [0.4, 0.5) is 0 Å². The van der Waals surface area contributed by atoms with Gasteiger partial charge in [-0.25, -0.2) is 0 Å². The Labute approximate surface area is 846 Å². The molecule has 4 rings (SSSR count). The van der Waals surface area contributed by atoms with Gasteiger partial charge >= 0.3 is 0 Å². The molecule has 0 aromatic heterocycles. The molecule has 56 heteroatoms. The van der Waals surface area contributed by atoms with Gasteiger partial charge in [0.05, 0.1) is 121 Å². The van der Waals surface area contributed by atoms with E-state index in [-0.39, 0.29) is 288 Å². The predicted octanol–water partition coefficient (Wildman–Crippen LogP) is -8.22. The minimum atomic E-state index is -1.31. The molecule has 142 heavy (non-hydrogen) atoms. The van der Waals surface area contributed by atoms with Crippen LogP contribution in [0.2, 0.25) is 0 Å². The van der Waals surface area contributed by atoms with Crippen molar-refractivity contribution < 1.29 is 148 Å². The second kappa shape index (κ2) is 72.2. The number of hydrogen-bond donors (Lipinski definition) is 19. The Morgan fingerprint density at radius 2 is 0.768 bits per heavy atom. The van der Waals surface area contributed by atoms with E-state index >= 15 is 0 Å². The third-order valence-corrected chi connectivity index (χ3v) is 25.9. The zero-order valence-electron chi connectivity index (χ0n) is 80.6. The smallest absolute Gasteiger partial charge is 0.243 e. The van der Waals surface area contributed by atoms with Crippen molar-refractivity contribution >= 4 is 196 Å². The number of unbranched alkanes of at least 4 members (excludes halogenated alkanes) is 1. The van der Waals surface area contributed by atoms with Gasteiger partial charge in [0.25, 0.3) is 0 Å². The number of primary amides is 2. The van der Waals surface area contributed by atoms with Crippen molar-refractivity contribution in [1.82, 2.24) is 94.5 Å². The summed E-state index contributed by atoms with van der Waals surface area (Å²) in [6.45, 7) is 3.89. The van der Waals surface area contributed by atoms with E-state index in [1.165, 1.54) is 27.8 Å². The number of nitrogens with one attached hydrogen (secondary N) is 15. The molecule has 4 heterocycles. The average molecular weight is 2110 g/mol. The normalized spacial score (nSPS) is 24.5. The summed E-state index contributed by atoms with van der Waals surface area (Å²) in [5, 5.41) is 36.6. The van der Waals surface area contributed by atoms with E-state index in [9.17, 15) is 110 Å². The lowest BCUT2D eigenvalue weighted by Crippen LogP contribution is -2.54. The number of imide groups is 3. The number of carbonyl (C=O) groups excluding carboxylic acids is 23. The molecule has 800 valence electrons. The number of thioether (sulfide) groups is 3. The monoisotopic (exact) mass is 2110 g/mol. The van der Waals surface area contributed by atoms with Gasteiger partial charge in [0.1, 0.15) is 48.3 Å². The van der Waals surface area contributed by atoms with Crippen molar-refractivity contribution in [2.75, 3.05) is 200 Å². The molecule has 23 amide bonds. The van der Waals surface area contributed by atoms with Gasteiger partial charge in [-0.3, -0.25) is 125 Å². The zero-order valence-corrected chi connectivity index (χ0v) is 84.8. The molecule has 4 aliphatic rings. The van der Waals surface area contributed by atoms with Crippen LogP contribution in [0.15, 0.2) is 0 Å². The largest absolute Gasteiger partial charge is 0.379 e. The third-order valence-electron chi connectivity index (χ3n) is 21.3. The van der Waals surface area contributed by atoms with Gasteiger partial charge in [0, 0.05) is 173 Å². The van der Waals surface area contributed by atoms with Crippen molar-refractivity contribution in [3.05, 3.63) is 0 Å². The molecule has 4 aliphatic heterocycles. The van der Waals surface area contributed by atoms with Gasteiger partial charge in [-0.05, 0) is 57.8 Å².